The Morgan fingerprint density at radius 1 is 0.420 bits per heavy atom. The highest BCUT2D eigenvalue weighted by Gasteiger charge is 2.19. The van der Waals surface area contributed by atoms with E-state index in [4.69, 9.17) is 14.2 Å². The third-order valence-corrected chi connectivity index (χ3v) is 8.23. The highest BCUT2D eigenvalue weighted by molar-refractivity contribution is 5.71. The molecule has 0 fully saturated rings. The maximum Gasteiger partial charge on any atom is 0.306 e. The van der Waals surface area contributed by atoms with Crippen LogP contribution < -0.4 is 0 Å². The lowest BCUT2D eigenvalue weighted by atomic mass is 10.1. The fourth-order valence-electron chi connectivity index (χ4n) is 5.14. The van der Waals surface area contributed by atoms with Crippen LogP contribution >= 0.6 is 0 Å². The third-order valence-electron chi connectivity index (χ3n) is 8.23. The summed E-state index contributed by atoms with van der Waals surface area (Å²) in [5.41, 5.74) is 0. The molecule has 6 nitrogen and oxygen atoms in total. The number of allylic oxidation sites excluding steroid dienone is 10. The molecule has 0 heterocycles. The maximum atomic E-state index is 12.6. The highest BCUT2D eigenvalue weighted by Crippen LogP contribution is 2.11. The largest absolute Gasteiger partial charge is 0.462 e. The van der Waals surface area contributed by atoms with Crippen molar-refractivity contribution in [2.75, 3.05) is 13.2 Å². The second-order valence-corrected chi connectivity index (χ2v) is 13.2. The molecule has 1 atom stereocenters. The molecular weight excluding hydrogens is 624 g/mol. The van der Waals surface area contributed by atoms with Crippen molar-refractivity contribution in [2.45, 2.75) is 187 Å². The van der Waals surface area contributed by atoms with Crippen LogP contribution in [0.5, 0.6) is 0 Å². The maximum absolute atomic E-state index is 12.6. The highest BCUT2D eigenvalue weighted by atomic mass is 16.6. The van der Waals surface area contributed by atoms with Gasteiger partial charge in [0.05, 0.1) is 0 Å². The second kappa shape index (κ2) is 38.9. The number of carbonyl (C=O) groups excluding carboxylic acids is 3. The van der Waals surface area contributed by atoms with Crippen molar-refractivity contribution in [3.63, 3.8) is 0 Å². The number of ether oxygens (including phenoxy) is 3. The van der Waals surface area contributed by atoms with Gasteiger partial charge in [0.25, 0.3) is 0 Å². The summed E-state index contributed by atoms with van der Waals surface area (Å²) >= 11 is 0. The lowest BCUT2D eigenvalue weighted by Crippen LogP contribution is -2.30. The lowest BCUT2D eigenvalue weighted by molar-refractivity contribution is -0.167. The van der Waals surface area contributed by atoms with Gasteiger partial charge in [0.2, 0.25) is 0 Å². The quantitative estimate of drug-likeness (QED) is 0.0284. The zero-order valence-electron chi connectivity index (χ0n) is 32.4. The van der Waals surface area contributed by atoms with Gasteiger partial charge in [-0.1, -0.05) is 133 Å². The monoisotopic (exact) mass is 699 g/mol. The molecule has 0 bridgehead atoms. The molecule has 0 aromatic rings. The summed E-state index contributed by atoms with van der Waals surface area (Å²) in [6.45, 7) is 6.34. The number of rotatable bonds is 35. The summed E-state index contributed by atoms with van der Waals surface area (Å²) in [6.07, 6.45) is 45.0. The molecule has 0 rings (SSSR count). The van der Waals surface area contributed by atoms with Crippen molar-refractivity contribution in [3.05, 3.63) is 60.8 Å². The molecule has 0 amide bonds. The molecule has 0 saturated heterocycles. The number of hydrogen-bond donors (Lipinski definition) is 0. The van der Waals surface area contributed by atoms with Gasteiger partial charge < -0.3 is 14.2 Å². The Balaban J connectivity index is 4.49. The summed E-state index contributed by atoms with van der Waals surface area (Å²) in [7, 11) is 0. The van der Waals surface area contributed by atoms with E-state index in [1.807, 2.05) is 0 Å². The van der Waals surface area contributed by atoms with Crippen molar-refractivity contribution >= 4 is 17.9 Å². The zero-order valence-corrected chi connectivity index (χ0v) is 32.4. The van der Waals surface area contributed by atoms with E-state index in [0.717, 1.165) is 83.5 Å². The summed E-state index contributed by atoms with van der Waals surface area (Å²) in [5.74, 6) is -0.999. The summed E-state index contributed by atoms with van der Waals surface area (Å²) in [4.78, 5) is 37.4. The fraction of sp³-hybridized carbons (Fsp3) is 0.705. The molecule has 0 radical (unpaired) electrons. The Hall–Kier alpha value is -2.89. The van der Waals surface area contributed by atoms with E-state index >= 15 is 0 Å². The van der Waals surface area contributed by atoms with Gasteiger partial charge in [-0.2, -0.15) is 0 Å². The SMILES string of the molecule is CC/C=C\C/C=C\C/C=C\CCCCC(=O)OCC(COC(=O)CCC/C=C\CCCCCC)OC(=O)CCCCCCC/C=C\CCCC. The second-order valence-electron chi connectivity index (χ2n) is 13.2. The first-order valence-electron chi connectivity index (χ1n) is 20.3. The van der Waals surface area contributed by atoms with E-state index in [2.05, 4.69) is 81.5 Å². The van der Waals surface area contributed by atoms with E-state index in [9.17, 15) is 14.4 Å². The van der Waals surface area contributed by atoms with Gasteiger partial charge in [-0.15, -0.1) is 0 Å². The molecule has 6 heteroatoms. The molecule has 0 N–H and O–H groups in total. The van der Waals surface area contributed by atoms with Crippen LogP contribution in [-0.2, 0) is 28.6 Å². The molecule has 0 aliphatic heterocycles. The number of hydrogen-bond acceptors (Lipinski definition) is 6. The molecule has 0 aromatic heterocycles. The third kappa shape index (κ3) is 36.4. The van der Waals surface area contributed by atoms with Gasteiger partial charge in [0.1, 0.15) is 13.2 Å². The van der Waals surface area contributed by atoms with Gasteiger partial charge >= 0.3 is 17.9 Å². The van der Waals surface area contributed by atoms with Gasteiger partial charge in [0.15, 0.2) is 6.10 Å². The Morgan fingerprint density at radius 3 is 1.42 bits per heavy atom. The van der Waals surface area contributed by atoms with Crippen LogP contribution in [-0.4, -0.2) is 37.2 Å². The molecule has 50 heavy (non-hydrogen) atoms. The predicted octanol–water partition coefficient (Wildman–Crippen LogP) is 12.6. The van der Waals surface area contributed by atoms with Crippen molar-refractivity contribution in [2.24, 2.45) is 0 Å². The van der Waals surface area contributed by atoms with Crippen LogP contribution in [0.25, 0.3) is 0 Å². The molecule has 0 aliphatic carbocycles. The fourth-order valence-corrected chi connectivity index (χ4v) is 5.14. The van der Waals surface area contributed by atoms with Crippen LogP contribution in [0.15, 0.2) is 60.8 Å². The molecule has 0 aromatic carbocycles. The van der Waals surface area contributed by atoms with Crippen LogP contribution in [0, 0.1) is 0 Å². The Morgan fingerprint density at radius 2 is 0.820 bits per heavy atom. The predicted molar refractivity (Wildman–Crippen MR) is 210 cm³/mol. The zero-order chi connectivity index (χ0) is 36.6. The van der Waals surface area contributed by atoms with Crippen LogP contribution in [0.3, 0.4) is 0 Å². The van der Waals surface area contributed by atoms with Gasteiger partial charge in [-0.25, -0.2) is 0 Å². The minimum atomic E-state index is -0.800. The molecule has 0 aliphatic rings. The number of esters is 3. The minimum absolute atomic E-state index is 0.106. The lowest BCUT2D eigenvalue weighted by Gasteiger charge is -2.18. The van der Waals surface area contributed by atoms with Gasteiger partial charge in [0, 0.05) is 19.3 Å². The molecule has 0 saturated carbocycles. The summed E-state index contributed by atoms with van der Waals surface area (Å²) < 4.78 is 16.5. The van der Waals surface area contributed by atoms with Crippen LogP contribution in [0.4, 0.5) is 0 Å². The van der Waals surface area contributed by atoms with Gasteiger partial charge in [-0.05, 0) is 89.9 Å². The number of carbonyl (C=O) groups is 3. The Kier molecular flexibility index (Phi) is 36.7. The van der Waals surface area contributed by atoms with Crippen molar-refractivity contribution in [1.29, 1.82) is 0 Å². The van der Waals surface area contributed by atoms with Crippen LogP contribution in [0.2, 0.25) is 0 Å². The van der Waals surface area contributed by atoms with Crippen LogP contribution in [0.1, 0.15) is 181 Å². The normalized spacial score (nSPS) is 12.6. The topological polar surface area (TPSA) is 78.9 Å². The van der Waals surface area contributed by atoms with Gasteiger partial charge in [-0.3, -0.25) is 14.4 Å². The standard InChI is InChI=1S/C44H74O6/c1-4-7-10-13-16-19-21-23-25-28-31-34-37-43(46)49-40-41(39-48-42(45)36-33-30-27-24-18-15-12-9-6-3)50-44(47)38-35-32-29-26-22-20-17-14-11-8-5-2/h7,10,14,16-17,19,23-25,27,41H,4-6,8-9,11-13,15,18,20-22,26,28-40H2,1-3H3/b10-7-,17-14-,19-16-,25-23-,27-24-. The van der Waals surface area contributed by atoms with E-state index in [-0.39, 0.29) is 31.1 Å². The number of unbranched alkanes of at least 4 members (excludes halogenated alkanes) is 14. The van der Waals surface area contributed by atoms with Crippen molar-refractivity contribution in [3.8, 4) is 0 Å². The summed E-state index contributed by atoms with van der Waals surface area (Å²) in [6, 6.07) is 0. The minimum Gasteiger partial charge on any atom is -0.462 e. The summed E-state index contributed by atoms with van der Waals surface area (Å²) in [5, 5.41) is 0. The average molecular weight is 699 g/mol. The van der Waals surface area contributed by atoms with E-state index in [1.54, 1.807) is 0 Å². The molecular formula is C44H74O6. The molecule has 286 valence electrons. The van der Waals surface area contributed by atoms with E-state index in [1.165, 1.54) is 51.4 Å². The van der Waals surface area contributed by atoms with Crippen molar-refractivity contribution in [1.82, 2.24) is 0 Å². The molecule has 0 spiro atoms. The Labute approximate surface area is 307 Å². The van der Waals surface area contributed by atoms with Crippen molar-refractivity contribution < 1.29 is 28.6 Å². The van der Waals surface area contributed by atoms with E-state index in [0.29, 0.717) is 25.7 Å². The molecule has 1 unspecified atom stereocenters. The first-order valence-corrected chi connectivity index (χ1v) is 20.3. The van der Waals surface area contributed by atoms with E-state index < -0.39 is 6.10 Å². The first kappa shape index (κ1) is 47.1. The average Bonchev–Trinajstić information content (AvgIpc) is 3.11. The first-order chi connectivity index (χ1) is 24.5. The Bertz CT molecular complexity index is 944. The smallest absolute Gasteiger partial charge is 0.306 e.